The lowest BCUT2D eigenvalue weighted by Crippen LogP contribution is -2.33. The zero-order valence-corrected chi connectivity index (χ0v) is 17.4. The number of amides is 1. The van der Waals surface area contributed by atoms with Crippen molar-refractivity contribution in [2.45, 2.75) is 6.92 Å². The van der Waals surface area contributed by atoms with E-state index in [2.05, 4.69) is 10.6 Å². The van der Waals surface area contributed by atoms with Gasteiger partial charge in [0.25, 0.3) is 5.91 Å². The molecule has 0 spiro atoms. The van der Waals surface area contributed by atoms with Crippen LogP contribution in [0.4, 0.5) is 5.69 Å². The van der Waals surface area contributed by atoms with Crippen LogP contribution in [0.2, 0.25) is 15.1 Å². The molecule has 0 aliphatic heterocycles. The number of aryl methyl sites for hydroxylation is 1. The second-order valence-corrected chi connectivity index (χ2v) is 7.48. The Bertz CT molecular complexity index is 1080. The molecule has 0 radical (unpaired) electrons. The standard InChI is InChI=1S/C19H13Cl3N2O3S/c1-9-2-3-10(6-12(9)21)15-4-5-16(27-15)18(26)24-19(28)23-14-8-11(20)7-13(22)17(14)25/h2-8,25H,1H3,(H2,23,24,26,28). The molecule has 1 heterocycles. The zero-order chi connectivity index (χ0) is 20.4. The van der Waals surface area contributed by atoms with E-state index in [-0.39, 0.29) is 27.3 Å². The van der Waals surface area contributed by atoms with E-state index in [9.17, 15) is 9.90 Å². The molecule has 0 saturated carbocycles. The first-order chi connectivity index (χ1) is 13.2. The number of anilines is 1. The molecule has 1 amide bonds. The lowest BCUT2D eigenvalue weighted by molar-refractivity contribution is 0.0951. The van der Waals surface area contributed by atoms with Gasteiger partial charge in [-0.1, -0.05) is 46.9 Å². The number of rotatable bonds is 3. The highest BCUT2D eigenvalue weighted by Gasteiger charge is 2.16. The summed E-state index contributed by atoms with van der Waals surface area (Å²) in [5.41, 5.74) is 1.85. The van der Waals surface area contributed by atoms with E-state index in [4.69, 9.17) is 51.4 Å². The third-order valence-corrected chi connectivity index (χ3v) is 4.91. The summed E-state index contributed by atoms with van der Waals surface area (Å²) in [5.74, 6) is -0.247. The van der Waals surface area contributed by atoms with Gasteiger partial charge in [0.1, 0.15) is 5.76 Å². The van der Waals surface area contributed by atoms with Crippen LogP contribution >= 0.6 is 47.0 Å². The fraction of sp³-hybridized carbons (Fsp3) is 0.0526. The molecule has 9 heteroatoms. The third-order valence-electron chi connectivity index (χ3n) is 3.79. The van der Waals surface area contributed by atoms with Gasteiger partial charge in [0.15, 0.2) is 16.6 Å². The minimum absolute atomic E-state index is 0.0524. The third kappa shape index (κ3) is 4.59. The summed E-state index contributed by atoms with van der Waals surface area (Å²) in [6.07, 6.45) is 0. The second kappa shape index (κ2) is 8.41. The second-order valence-electron chi connectivity index (χ2n) is 5.82. The van der Waals surface area contributed by atoms with E-state index in [1.165, 1.54) is 18.2 Å². The number of phenolic OH excluding ortho intramolecular Hbond substituents is 1. The topological polar surface area (TPSA) is 74.5 Å². The van der Waals surface area contributed by atoms with Crippen LogP contribution in [0.1, 0.15) is 16.1 Å². The first kappa shape index (κ1) is 20.5. The van der Waals surface area contributed by atoms with Crippen molar-refractivity contribution in [2.75, 3.05) is 5.32 Å². The highest BCUT2D eigenvalue weighted by atomic mass is 35.5. The number of halogens is 3. The average molecular weight is 456 g/mol. The SMILES string of the molecule is Cc1ccc(-c2ccc(C(=O)NC(=S)Nc3cc(Cl)cc(Cl)c3O)o2)cc1Cl. The van der Waals surface area contributed by atoms with Crippen molar-refractivity contribution in [1.82, 2.24) is 5.32 Å². The van der Waals surface area contributed by atoms with Gasteiger partial charge in [0, 0.05) is 15.6 Å². The van der Waals surface area contributed by atoms with Crippen molar-refractivity contribution in [2.24, 2.45) is 0 Å². The lowest BCUT2D eigenvalue weighted by atomic mass is 10.1. The molecule has 0 aliphatic carbocycles. The summed E-state index contributed by atoms with van der Waals surface area (Å²) in [4.78, 5) is 12.4. The summed E-state index contributed by atoms with van der Waals surface area (Å²) in [6, 6.07) is 11.5. The minimum atomic E-state index is -0.561. The molecule has 28 heavy (non-hydrogen) atoms. The van der Waals surface area contributed by atoms with Crippen LogP contribution < -0.4 is 10.6 Å². The van der Waals surface area contributed by atoms with E-state index in [1.807, 2.05) is 19.1 Å². The van der Waals surface area contributed by atoms with Gasteiger partial charge < -0.3 is 14.8 Å². The number of furan rings is 1. The molecule has 3 rings (SSSR count). The van der Waals surface area contributed by atoms with Gasteiger partial charge in [-0.3, -0.25) is 10.1 Å². The van der Waals surface area contributed by atoms with Crippen LogP contribution in [0, 0.1) is 6.92 Å². The predicted molar refractivity (Wildman–Crippen MR) is 116 cm³/mol. The van der Waals surface area contributed by atoms with Crippen LogP contribution in [0.15, 0.2) is 46.9 Å². The summed E-state index contributed by atoms with van der Waals surface area (Å²) in [5, 5.41) is 16.0. The number of nitrogens with one attached hydrogen (secondary N) is 2. The number of phenols is 1. The molecular weight excluding hydrogens is 443 g/mol. The van der Waals surface area contributed by atoms with E-state index in [0.717, 1.165) is 11.1 Å². The maximum absolute atomic E-state index is 12.4. The van der Waals surface area contributed by atoms with Crippen molar-refractivity contribution in [3.05, 3.63) is 68.9 Å². The minimum Gasteiger partial charge on any atom is -0.504 e. The molecule has 5 nitrogen and oxygen atoms in total. The van der Waals surface area contributed by atoms with E-state index >= 15 is 0 Å². The Kier molecular flexibility index (Phi) is 6.15. The molecule has 0 fully saturated rings. The number of thiocarbonyl (C=S) groups is 1. The van der Waals surface area contributed by atoms with Gasteiger partial charge in [-0.25, -0.2) is 0 Å². The predicted octanol–water partition coefficient (Wildman–Crippen LogP) is 6.05. The Balaban J connectivity index is 1.71. The van der Waals surface area contributed by atoms with Crippen molar-refractivity contribution >= 4 is 63.7 Å². The Morgan fingerprint density at radius 2 is 1.82 bits per heavy atom. The maximum Gasteiger partial charge on any atom is 0.293 e. The number of hydrogen-bond donors (Lipinski definition) is 3. The van der Waals surface area contributed by atoms with Gasteiger partial charge in [-0.05, 0) is 55.0 Å². The Labute approximate surface area is 181 Å². The molecule has 0 unspecified atom stereocenters. The fourth-order valence-electron chi connectivity index (χ4n) is 2.34. The summed E-state index contributed by atoms with van der Waals surface area (Å²) in [6.45, 7) is 1.89. The first-order valence-electron chi connectivity index (χ1n) is 7.91. The van der Waals surface area contributed by atoms with E-state index in [1.54, 1.807) is 12.1 Å². The van der Waals surface area contributed by atoms with E-state index in [0.29, 0.717) is 15.8 Å². The Hall–Kier alpha value is -2.25. The number of carbonyl (C=O) groups is 1. The van der Waals surface area contributed by atoms with Crippen molar-refractivity contribution in [3.8, 4) is 17.1 Å². The van der Waals surface area contributed by atoms with Gasteiger partial charge in [-0.2, -0.15) is 0 Å². The first-order valence-corrected chi connectivity index (χ1v) is 9.45. The molecule has 0 aliphatic rings. The molecule has 3 N–H and O–H groups in total. The molecule has 0 atom stereocenters. The monoisotopic (exact) mass is 454 g/mol. The summed E-state index contributed by atoms with van der Waals surface area (Å²) in [7, 11) is 0. The maximum atomic E-state index is 12.4. The van der Waals surface area contributed by atoms with Gasteiger partial charge in [0.2, 0.25) is 0 Å². The van der Waals surface area contributed by atoms with Crippen LogP contribution in [-0.4, -0.2) is 16.1 Å². The van der Waals surface area contributed by atoms with Crippen molar-refractivity contribution in [1.29, 1.82) is 0 Å². The number of benzene rings is 2. The highest BCUT2D eigenvalue weighted by Crippen LogP contribution is 2.35. The highest BCUT2D eigenvalue weighted by molar-refractivity contribution is 7.80. The molecule has 144 valence electrons. The molecule has 0 bridgehead atoms. The molecule has 2 aromatic carbocycles. The molecule has 3 aromatic rings. The fourth-order valence-corrected chi connectivity index (χ4v) is 3.22. The van der Waals surface area contributed by atoms with Crippen LogP contribution in [0.25, 0.3) is 11.3 Å². The van der Waals surface area contributed by atoms with Gasteiger partial charge in [-0.15, -0.1) is 0 Å². The van der Waals surface area contributed by atoms with Gasteiger partial charge >= 0.3 is 0 Å². The van der Waals surface area contributed by atoms with Crippen molar-refractivity contribution in [3.63, 3.8) is 0 Å². The number of carbonyl (C=O) groups excluding carboxylic acids is 1. The Morgan fingerprint density at radius 3 is 2.54 bits per heavy atom. The smallest absolute Gasteiger partial charge is 0.293 e. The largest absolute Gasteiger partial charge is 0.504 e. The quantitative estimate of drug-likeness (QED) is 0.331. The molecule has 0 saturated heterocycles. The lowest BCUT2D eigenvalue weighted by Gasteiger charge is -2.11. The molecule has 1 aromatic heterocycles. The van der Waals surface area contributed by atoms with Crippen molar-refractivity contribution < 1.29 is 14.3 Å². The van der Waals surface area contributed by atoms with E-state index < -0.39 is 5.91 Å². The number of aromatic hydroxyl groups is 1. The summed E-state index contributed by atoms with van der Waals surface area (Å²) < 4.78 is 5.59. The Morgan fingerprint density at radius 1 is 1.07 bits per heavy atom. The van der Waals surface area contributed by atoms with Crippen LogP contribution in [-0.2, 0) is 0 Å². The van der Waals surface area contributed by atoms with Crippen LogP contribution in [0.3, 0.4) is 0 Å². The summed E-state index contributed by atoms with van der Waals surface area (Å²) >= 11 is 23.0. The van der Waals surface area contributed by atoms with Crippen LogP contribution in [0.5, 0.6) is 5.75 Å². The number of hydrogen-bond acceptors (Lipinski definition) is 4. The van der Waals surface area contributed by atoms with Gasteiger partial charge in [0.05, 0.1) is 10.7 Å². The normalized spacial score (nSPS) is 10.6. The molecular formula is C19H13Cl3N2O3S. The average Bonchev–Trinajstić information content (AvgIpc) is 3.12. The zero-order valence-electron chi connectivity index (χ0n) is 14.3.